The van der Waals surface area contributed by atoms with Gasteiger partial charge in [-0.2, -0.15) is 0 Å². The molecule has 0 amide bonds. The molecule has 80 valence electrons. The zero-order chi connectivity index (χ0) is 9.84. The second-order valence-electron chi connectivity index (χ2n) is 2.35. The molecule has 0 spiro atoms. The minimum absolute atomic E-state index is 0. The molecule has 0 unspecified atom stereocenters. The molecule has 1 heterocycles. The van der Waals surface area contributed by atoms with Gasteiger partial charge in [0.1, 0.15) is 5.69 Å². The van der Waals surface area contributed by atoms with Crippen LogP contribution < -0.4 is 5.73 Å². The molecule has 0 bridgehead atoms. The Labute approximate surface area is 108 Å². The molecule has 0 saturated carbocycles. The van der Waals surface area contributed by atoms with Crippen molar-refractivity contribution in [3.05, 3.63) is 10.3 Å². The number of hydrogen-bond acceptors (Lipinski definition) is 4. The summed E-state index contributed by atoms with van der Waals surface area (Å²) in [5.41, 5.74) is 5.72. The molecular formula is C7H9Cl2FeN3S. The number of thioether (sulfide) groups is 1. The Hall–Kier alpha value is 0.329. The Morgan fingerprint density at radius 2 is 1.79 bits per heavy atom. The van der Waals surface area contributed by atoms with E-state index < -0.39 is 0 Å². The van der Waals surface area contributed by atoms with E-state index in [1.807, 2.05) is 0 Å². The SMILES string of the molecule is CCCSc1nc(Cl)c(N)c(Cl)n1.[Fe]. The van der Waals surface area contributed by atoms with Crippen LogP contribution in [0.5, 0.6) is 0 Å². The van der Waals surface area contributed by atoms with Crippen LogP contribution in [0.3, 0.4) is 0 Å². The molecule has 1 aromatic rings. The maximum absolute atomic E-state index is 5.72. The molecule has 0 saturated heterocycles. The van der Waals surface area contributed by atoms with Gasteiger partial charge in [-0.25, -0.2) is 9.97 Å². The van der Waals surface area contributed by atoms with E-state index in [0.29, 0.717) is 5.16 Å². The van der Waals surface area contributed by atoms with Crippen LogP contribution in [-0.4, -0.2) is 15.7 Å². The Morgan fingerprint density at radius 3 is 2.21 bits per heavy atom. The molecule has 0 aliphatic heterocycles. The predicted molar refractivity (Wildman–Crippen MR) is 57.5 cm³/mol. The summed E-state index contributed by atoms with van der Waals surface area (Å²) in [7, 11) is 0. The molecule has 1 rings (SSSR count). The second-order valence-corrected chi connectivity index (χ2v) is 4.13. The first-order valence-corrected chi connectivity index (χ1v) is 5.50. The molecule has 0 aliphatic carbocycles. The molecule has 2 N–H and O–H groups in total. The maximum Gasteiger partial charge on any atom is 0.190 e. The fraction of sp³-hybridized carbons (Fsp3) is 0.429. The minimum Gasteiger partial charge on any atom is -0.394 e. The van der Waals surface area contributed by atoms with Crippen LogP contribution in [0, 0.1) is 0 Å². The van der Waals surface area contributed by atoms with Gasteiger partial charge < -0.3 is 5.73 Å². The molecule has 0 aliphatic rings. The number of halogens is 2. The number of anilines is 1. The van der Waals surface area contributed by atoms with Gasteiger partial charge in [0, 0.05) is 22.8 Å². The van der Waals surface area contributed by atoms with E-state index in [2.05, 4.69) is 16.9 Å². The van der Waals surface area contributed by atoms with Gasteiger partial charge in [-0.1, -0.05) is 41.9 Å². The summed E-state index contributed by atoms with van der Waals surface area (Å²) in [6, 6.07) is 0. The maximum atomic E-state index is 5.72. The largest absolute Gasteiger partial charge is 0.394 e. The monoisotopic (exact) mass is 293 g/mol. The van der Waals surface area contributed by atoms with Crippen molar-refractivity contribution in [1.82, 2.24) is 9.97 Å². The molecule has 7 heteroatoms. The van der Waals surface area contributed by atoms with Crippen molar-refractivity contribution in [1.29, 1.82) is 0 Å². The molecule has 0 radical (unpaired) electrons. The third-order valence-corrected chi connectivity index (χ3v) is 2.90. The number of nitrogen functional groups attached to an aromatic ring is 1. The van der Waals surface area contributed by atoms with Crippen LogP contribution in [0.4, 0.5) is 5.69 Å². The Morgan fingerprint density at radius 1 is 1.29 bits per heavy atom. The van der Waals surface area contributed by atoms with Gasteiger partial charge in [-0.3, -0.25) is 0 Å². The molecule has 0 fully saturated rings. The first kappa shape index (κ1) is 14.3. The third kappa shape index (κ3) is 3.83. The number of aromatic nitrogens is 2. The Kier molecular flexibility index (Phi) is 6.91. The molecular weight excluding hydrogens is 285 g/mol. The van der Waals surface area contributed by atoms with Crippen LogP contribution >= 0.6 is 35.0 Å². The zero-order valence-corrected chi connectivity index (χ0v) is 10.8. The van der Waals surface area contributed by atoms with Gasteiger partial charge in [0.05, 0.1) is 0 Å². The standard InChI is InChI=1S/C7H9Cl2N3S.Fe/c1-2-3-13-7-11-5(8)4(10)6(9)12-7;/h2-3,10H2,1H3;. The van der Waals surface area contributed by atoms with E-state index in [-0.39, 0.29) is 33.1 Å². The van der Waals surface area contributed by atoms with E-state index in [4.69, 9.17) is 28.9 Å². The zero-order valence-electron chi connectivity index (χ0n) is 7.40. The van der Waals surface area contributed by atoms with Crippen LogP contribution in [0.15, 0.2) is 5.16 Å². The molecule has 14 heavy (non-hydrogen) atoms. The van der Waals surface area contributed by atoms with Crippen molar-refractivity contribution in [3.8, 4) is 0 Å². The summed E-state index contributed by atoms with van der Waals surface area (Å²) in [5.74, 6) is 0.941. The third-order valence-electron chi connectivity index (χ3n) is 1.27. The fourth-order valence-corrected chi connectivity index (χ4v) is 1.84. The fourth-order valence-electron chi connectivity index (χ4n) is 0.656. The number of rotatable bonds is 3. The van der Waals surface area contributed by atoms with Gasteiger partial charge >= 0.3 is 0 Å². The predicted octanol–water partition coefficient (Wildman–Crippen LogP) is 2.87. The Balaban J connectivity index is 0.00000169. The second kappa shape index (κ2) is 6.75. The molecule has 3 nitrogen and oxygen atoms in total. The van der Waals surface area contributed by atoms with E-state index in [1.165, 1.54) is 11.8 Å². The van der Waals surface area contributed by atoms with Crippen LogP contribution in [-0.2, 0) is 17.1 Å². The van der Waals surface area contributed by atoms with Crippen molar-refractivity contribution in [3.63, 3.8) is 0 Å². The summed E-state index contributed by atoms with van der Waals surface area (Å²) >= 11 is 13.0. The van der Waals surface area contributed by atoms with E-state index in [9.17, 15) is 0 Å². The average molecular weight is 294 g/mol. The smallest absolute Gasteiger partial charge is 0.190 e. The topological polar surface area (TPSA) is 51.8 Å². The summed E-state index contributed by atoms with van der Waals surface area (Å²) in [5, 5.41) is 1.02. The van der Waals surface area contributed by atoms with E-state index >= 15 is 0 Å². The molecule has 0 aromatic carbocycles. The van der Waals surface area contributed by atoms with Gasteiger partial charge in [0.25, 0.3) is 0 Å². The summed E-state index contributed by atoms with van der Waals surface area (Å²) in [4.78, 5) is 7.96. The van der Waals surface area contributed by atoms with Gasteiger partial charge in [-0.15, -0.1) is 0 Å². The first-order valence-electron chi connectivity index (χ1n) is 3.76. The Bertz CT molecular complexity index is 288. The normalized spacial score (nSPS) is 9.64. The van der Waals surface area contributed by atoms with E-state index in [1.54, 1.807) is 0 Å². The van der Waals surface area contributed by atoms with Crippen molar-refractivity contribution < 1.29 is 17.1 Å². The summed E-state index contributed by atoms with van der Waals surface area (Å²) < 4.78 is 0. The summed E-state index contributed by atoms with van der Waals surface area (Å²) in [6.45, 7) is 2.08. The van der Waals surface area contributed by atoms with Crippen LogP contribution in [0.25, 0.3) is 0 Å². The van der Waals surface area contributed by atoms with Gasteiger partial charge in [-0.05, 0) is 6.42 Å². The average Bonchev–Trinajstić information content (AvgIpc) is 2.10. The summed E-state index contributed by atoms with van der Waals surface area (Å²) in [6.07, 6.45) is 1.05. The quantitative estimate of drug-likeness (QED) is 0.403. The molecule has 1 aromatic heterocycles. The van der Waals surface area contributed by atoms with E-state index in [0.717, 1.165) is 12.2 Å². The van der Waals surface area contributed by atoms with Gasteiger partial charge in [0.15, 0.2) is 15.5 Å². The first-order chi connectivity index (χ1) is 6.15. The number of nitrogens with zero attached hydrogens (tertiary/aromatic N) is 2. The number of hydrogen-bond donors (Lipinski definition) is 1. The van der Waals surface area contributed by atoms with Crippen molar-refractivity contribution in [2.45, 2.75) is 18.5 Å². The van der Waals surface area contributed by atoms with Gasteiger partial charge in [0.2, 0.25) is 0 Å². The number of nitrogens with two attached hydrogens (primary N) is 1. The van der Waals surface area contributed by atoms with Crippen LogP contribution in [0.1, 0.15) is 13.3 Å². The van der Waals surface area contributed by atoms with Crippen molar-refractivity contribution >= 4 is 40.7 Å². The van der Waals surface area contributed by atoms with Crippen molar-refractivity contribution in [2.75, 3.05) is 11.5 Å². The van der Waals surface area contributed by atoms with Crippen LogP contribution in [0.2, 0.25) is 10.3 Å². The molecule has 0 atom stereocenters. The minimum atomic E-state index is 0. The van der Waals surface area contributed by atoms with Crippen molar-refractivity contribution in [2.24, 2.45) is 0 Å².